The van der Waals surface area contributed by atoms with Crippen LogP contribution in [0.15, 0.2) is 24.3 Å². The number of likely N-dealkylation sites (tertiary alicyclic amines) is 1. The lowest BCUT2D eigenvalue weighted by molar-refractivity contribution is -0.135. The predicted molar refractivity (Wildman–Crippen MR) is 95.1 cm³/mol. The SMILES string of the molecule is COCCN1CCC(N2CCN(C(=O)Cc3cccc(F)c3)CC2)C1=O. The third-order valence-electron chi connectivity index (χ3n) is 5.19. The van der Waals surface area contributed by atoms with E-state index in [1.807, 2.05) is 9.80 Å². The molecule has 2 amide bonds. The van der Waals surface area contributed by atoms with Crippen molar-refractivity contribution >= 4 is 11.8 Å². The van der Waals surface area contributed by atoms with Crippen LogP contribution in [0.3, 0.4) is 0 Å². The second kappa shape index (κ2) is 8.60. The fourth-order valence-corrected chi connectivity index (χ4v) is 3.70. The maximum atomic E-state index is 13.3. The number of carbonyl (C=O) groups excluding carboxylic acids is 2. The van der Waals surface area contributed by atoms with Crippen molar-refractivity contribution in [1.29, 1.82) is 0 Å². The summed E-state index contributed by atoms with van der Waals surface area (Å²) in [5.74, 6) is -0.144. The van der Waals surface area contributed by atoms with Crippen LogP contribution in [0.2, 0.25) is 0 Å². The average Bonchev–Trinajstić information content (AvgIpc) is 3.00. The van der Waals surface area contributed by atoms with Crippen molar-refractivity contribution in [2.24, 2.45) is 0 Å². The minimum Gasteiger partial charge on any atom is -0.383 e. The summed E-state index contributed by atoms with van der Waals surface area (Å²) in [6.07, 6.45) is 1.05. The molecule has 2 fully saturated rings. The third-order valence-corrected chi connectivity index (χ3v) is 5.19. The molecule has 0 aromatic heterocycles. The van der Waals surface area contributed by atoms with Crippen LogP contribution in [0.5, 0.6) is 0 Å². The van der Waals surface area contributed by atoms with Gasteiger partial charge in [0.05, 0.1) is 19.1 Å². The first-order valence-electron chi connectivity index (χ1n) is 9.12. The lowest BCUT2D eigenvalue weighted by atomic mass is 10.1. The molecular weight excluding hydrogens is 337 g/mol. The molecule has 0 spiro atoms. The highest BCUT2D eigenvalue weighted by Crippen LogP contribution is 2.19. The van der Waals surface area contributed by atoms with Crippen LogP contribution >= 0.6 is 0 Å². The van der Waals surface area contributed by atoms with Crippen molar-refractivity contribution in [2.75, 3.05) is 53.0 Å². The number of rotatable bonds is 6. The van der Waals surface area contributed by atoms with Gasteiger partial charge in [-0.2, -0.15) is 0 Å². The molecule has 0 bridgehead atoms. The first-order chi connectivity index (χ1) is 12.6. The number of amides is 2. The Balaban J connectivity index is 1.48. The molecular formula is C19H26FN3O3. The number of hydrogen-bond donors (Lipinski definition) is 0. The van der Waals surface area contributed by atoms with E-state index in [4.69, 9.17) is 4.74 Å². The van der Waals surface area contributed by atoms with E-state index in [2.05, 4.69) is 4.90 Å². The molecule has 6 nitrogen and oxygen atoms in total. The van der Waals surface area contributed by atoms with Crippen LogP contribution in [0.4, 0.5) is 4.39 Å². The molecule has 0 aliphatic carbocycles. The third kappa shape index (κ3) is 4.40. The maximum absolute atomic E-state index is 13.3. The van der Waals surface area contributed by atoms with E-state index in [1.54, 1.807) is 19.2 Å². The van der Waals surface area contributed by atoms with E-state index < -0.39 is 0 Å². The number of halogens is 1. The fraction of sp³-hybridized carbons (Fsp3) is 0.579. The van der Waals surface area contributed by atoms with E-state index in [-0.39, 0.29) is 30.1 Å². The maximum Gasteiger partial charge on any atom is 0.240 e. The number of methoxy groups -OCH3 is 1. The second-order valence-corrected chi connectivity index (χ2v) is 6.85. The van der Waals surface area contributed by atoms with Crippen LogP contribution in [0.25, 0.3) is 0 Å². The van der Waals surface area contributed by atoms with Gasteiger partial charge >= 0.3 is 0 Å². The Hall–Kier alpha value is -1.99. The summed E-state index contributed by atoms with van der Waals surface area (Å²) in [6, 6.07) is 6.09. The predicted octanol–water partition coefficient (Wildman–Crippen LogP) is 0.760. The van der Waals surface area contributed by atoms with Gasteiger partial charge in [0.15, 0.2) is 0 Å². The molecule has 1 unspecified atom stereocenters. The van der Waals surface area contributed by atoms with E-state index in [1.165, 1.54) is 12.1 Å². The number of hydrogen-bond acceptors (Lipinski definition) is 4. The standard InChI is InChI=1S/C19H26FN3O3/c1-26-12-11-23-6-5-17(19(23)25)21-7-9-22(10-8-21)18(24)14-15-3-2-4-16(20)13-15/h2-4,13,17H,5-12,14H2,1H3. The zero-order valence-corrected chi connectivity index (χ0v) is 15.2. The van der Waals surface area contributed by atoms with Gasteiger partial charge in [0.1, 0.15) is 5.82 Å². The summed E-state index contributed by atoms with van der Waals surface area (Å²) in [4.78, 5) is 30.8. The van der Waals surface area contributed by atoms with E-state index in [0.717, 1.165) is 13.0 Å². The van der Waals surface area contributed by atoms with Crippen LogP contribution in [0.1, 0.15) is 12.0 Å². The highest BCUT2D eigenvalue weighted by molar-refractivity contribution is 5.84. The van der Waals surface area contributed by atoms with Crippen molar-refractivity contribution < 1.29 is 18.7 Å². The second-order valence-electron chi connectivity index (χ2n) is 6.85. The molecule has 7 heteroatoms. The van der Waals surface area contributed by atoms with Gasteiger partial charge in [-0.1, -0.05) is 12.1 Å². The number of piperazine rings is 1. The van der Waals surface area contributed by atoms with Crippen LogP contribution < -0.4 is 0 Å². The highest BCUT2D eigenvalue weighted by atomic mass is 19.1. The molecule has 0 radical (unpaired) electrons. The number of carbonyl (C=O) groups is 2. The van der Waals surface area contributed by atoms with Gasteiger partial charge in [-0.25, -0.2) is 4.39 Å². The molecule has 142 valence electrons. The summed E-state index contributed by atoms with van der Waals surface area (Å²) in [5.41, 5.74) is 0.692. The smallest absolute Gasteiger partial charge is 0.240 e. The van der Waals surface area contributed by atoms with Crippen molar-refractivity contribution in [3.05, 3.63) is 35.6 Å². The van der Waals surface area contributed by atoms with Gasteiger partial charge in [-0.3, -0.25) is 14.5 Å². The molecule has 1 aromatic rings. The van der Waals surface area contributed by atoms with E-state index in [9.17, 15) is 14.0 Å². The quantitative estimate of drug-likeness (QED) is 0.749. The largest absolute Gasteiger partial charge is 0.383 e. The molecule has 1 atom stereocenters. The van der Waals surface area contributed by atoms with Crippen LogP contribution in [0, 0.1) is 5.82 Å². The minimum absolute atomic E-state index is 0.00900. The average molecular weight is 363 g/mol. The Bertz CT molecular complexity index is 647. The number of ether oxygens (including phenoxy) is 1. The van der Waals surface area contributed by atoms with Gasteiger partial charge in [0, 0.05) is 46.4 Å². The molecule has 2 aliphatic heterocycles. The zero-order chi connectivity index (χ0) is 18.5. The van der Waals surface area contributed by atoms with Crippen molar-refractivity contribution in [3.8, 4) is 0 Å². The molecule has 2 aliphatic rings. The summed E-state index contributed by atoms with van der Waals surface area (Å²) < 4.78 is 18.3. The number of nitrogens with zero attached hydrogens (tertiary/aromatic N) is 3. The first kappa shape index (κ1) is 18.8. The Kier molecular flexibility index (Phi) is 6.21. The van der Waals surface area contributed by atoms with Gasteiger partial charge in [-0.05, 0) is 24.1 Å². The summed E-state index contributed by atoms with van der Waals surface area (Å²) in [6.45, 7) is 4.57. The molecule has 0 saturated carbocycles. The topological polar surface area (TPSA) is 53.1 Å². The highest BCUT2D eigenvalue weighted by Gasteiger charge is 2.37. The van der Waals surface area contributed by atoms with Crippen LogP contribution in [-0.2, 0) is 20.7 Å². The normalized spacial score (nSPS) is 21.5. The first-order valence-corrected chi connectivity index (χ1v) is 9.12. The van der Waals surface area contributed by atoms with Crippen molar-refractivity contribution in [2.45, 2.75) is 18.9 Å². The Morgan fingerprint density at radius 3 is 2.69 bits per heavy atom. The van der Waals surface area contributed by atoms with E-state index >= 15 is 0 Å². The lowest BCUT2D eigenvalue weighted by Gasteiger charge is -2.37. The molecule has 3 rings (SSSR count). The molecule has 2 saturated heterocycles. The van der Waals surface area contributed by atoms with Gasteiger partial charge in [0.25, 0.3) is 0 Å². The van der Waals surface area contributed by atoms with Crippen molar-refractivity contribution in [3.63, 3.8) is 0 Å². The minimum atomic E-state index is -0.321. The van der Waals surface area contributed by atoms with Gasteiger partial charge in [0.2, 0.25) is 11.8 Å². The zero-order valence-electron chi connectivity index (χ0n) is 15.2. The van der Waals surface area contributed by atoms with Gasteiger partial charge < -0.3 is 14.5 Å². The fourth-order valence-electron chi connectivity index (χ4n) is 3.70. The summed E-state index contributed by atoms with van der Waals surface area (Å²) in [7, 11) is 1.64. The molecule has 0 N–H and O–H groups in total. The monoisotopic (exact) mass is 363 g/mol. The summed E-state index contributed by atoms with van der Waals surface area (Å²) in [5, 5.41) is 0. The Morgan fingerprint density at radius 2 is 2.00 bits per heavy atom. The molecule has 2 heterocycles. The number of benzene rings is 1. The van der Waals surface area contributed by atoms with Crippen molar-refractivity contribution in [1.82, 2.24) is 14.7 Å². The van der Waals surface area contributed by atoms with Gasteiger partial charge in [-0.15, -0.1) is 0 Å². The lowest BCUT2D eigenvalue weighted by Crippen LogP contribution is -2.54. The molecule has 26 heavy (non-hydrogen) atoms. The molecule has 1 aromatic carbocycles. The van der Waals surface area contributed by atoms with E-state index in [0.29, 0.717) is 44.9 Å². The van der Waals surface area contributed by atoms with Crippen LogP contribution in [-0.4, -0.2) is 85.5 Å². The summed E-state index contributed by atoms with van der Waals surface area (Å²) >= 11 is 0. The Labute approximate surface area is 153 Å². The Morgan fingerprint density at radius 1 is 1.23 bits per heavy atom.